The summed E-state index contributed by atoms with van der Waals surface area (Å²) in [6.07, 6.45) is 5.87. The quantitative estimate of drug-likeness (QED) is 0.262. The molecule has 2 aliphatic rings. The average Bonchev–Trinajstić information content (AvgIpc) is 3.59. The zero-order chi connectivity index (χ0) is 29.2. The fourth-order valence-corrected chi connectivity index (χ4v) is 6.33. The Labute approximate surface area is 248 Å². The van der Waals surface area contributed by atoms with Crippen molar-refractivity contribution in [1.82, 2.24) is 9.55 Å². The van der Waals surface area contributed by atoms with Gasteiger partial charge in [0.15, 0.2) is 0 Å². The number of hydrogen-bond acceptors (Lipinski definition) is 3. The third kappa shape index (κ3) is 5.54. The molecule has 4 aromatic rings. The van der Waals surface area contributed by atoms with Crippen molar-refractivity contribution < 1.29 is 9.59 Å². The van der Waals surface area contributed by atoms with Gasteiger partial charge in [0.1, 0.15) is 5.82 Å². The summed E-state index contributed by atoms with van der Waals surface area (Å²) in [5.74, 6) is 0.841. The first-order chi connectivity index (χ1) is 20.4. The molecule has 0 saturated carbocycles. The fourth-order valence-electron chi connectivity index (χ4n) is 6.33. The summed E-state index contributed by atoms with van der Waals surface area (Å²) in [5, 5.41) is 3.16. The molecule has 6 nitrogen and oxygen atoms in total. The smallest absolute Gasteiger partial charge is 0.251 e. The van der Waals surface area contributed by atoms with Gasteiger partial charge in [0.25, 0.3) is 5.91 Å². The minimum absolute atomic E-state index is 0.0192. The zero-order valence-electron chi connectivity index (χ0n) is 24.7. The molecule has 2 aromatic heterocycles. The van der Waals surface area contributed by atoms with E-state index in [9.17, 15) is 9.59 Å². The van der Waals surface area contributed by atoms with E-state index in [0.717, 1.165) is 89.5 Å². The molecule has 1 aliphatic heterocycles. The molecule has 1 N–H and O–H groups in total. The standard InChI is InChI=1S/C36H38N4O2/c1-4-26-14-16-27(17-15-26)31-9-5-6-10-32(31)36(42)38-30-18-19-33-28(22-30)20-21-39(33)35(41)23-29-8-7-11-34(37-29)40-24(2)12-13-25(40)3/h7-8,11-19,22H,4-6,9-10,20-21,23H2,1-3H3,(H,38,42). The third-order valence-electron chi connectivity index (χ3n) is 8.61. The monoisotopic (exact) mass is 558 g/mol. The highest BCUT2D eigenvalue weighted by Gasteiger charge is 2.26. The summed E-state index contributed by atoms with van der Waals surface area (Å²) < 4.78 is 2.10. The van der Waals surface area contributed by atoms with Crippen molar-refractivity contribution in [2.24, 2.45) is 0 Å². The molecule has 0 fully saturated rings. The predicted molar refractivity (Wildman–Crippen MR) is 169 cm³/mol. The molecule has 0 bridgehead atoms. The Morgan fingerprint density at radius 3 is 2.40 bits per heavy atom. The van der Waals surface area contributed by atoms with Crippen LogP contribution in [-0.4, -0.2) is 27.9 Å². The van der Waals surface area contributed by atoms with E-state index in [1.807, 2.05) is 41.3 Å². The molecule has 214 valence electrons. The fraction of sp³-hybridized carbons (Fsp3) is 0.306. The van der Waals surface area contributed by atoms with Crippen LogP contribution in [0.2, 0.25) is 0 Å². The number of carbonyl (C=O) groups is 2. The largest absolute Gasteiger partial charge is 0.322 e. The number of carbonyl (C=O) groups excluding carboxylic acids is 2. The number of benzene rings is 2. The van der Waals surface area contributed by atoms with Crippen LogP contribution in [0.1, 0.15) is 66.4 Å². The van der Waals surface area contributed by atoms with Crippen molar-refractivity contribution in [3.05, 3.63) is 112 Å². The molecular formula is C36H38N4O2. The van der Waals surface area contributed by atoms with Crippen LogP contribution in [0.25, 0.3) is 11.4 Å². The summed E-state index contributed by atoms with van der Waals surface area (Å²) in [6, 6.07) is 24.5. The summed E-state index contributed by atoms with van der Waals surface area (Å²) in [7, 11) is 0. The molecule has 6 rings (SSSR count). The molecule has 3 heterocycles. The molecule has 0 radical (unpaired) electrons. The van der Waals surface area contributed by atoms with Gasteiger partial charge in [0.2, 0.25) is 5.91 Å². The average molecular weight is 559 g/mol. The molecule has 2 aromatic carbocycles. The molecule has 6 heteroatoms. The molecule has 0 unspecified atom stereocenters. The van der Waals surface area contributed by atoms with Crippen LogP contribution in [0, 0.1) is 13.8 Å². The van der Waals surface area contributed by atoms with Gasteiger partial charge in [0.05, 0.1) is 12.1 Å². The van der Waals surface area contributed by atoms with Crippen molar-refractivity contribution >= 4 is 28.8 Å². The summed E-state index contributed by atoms with van der Waals surface area (Å²) in [4.78, 5) is 33.5. The number of aromatic nitrogens is 2. The van der Waals surface area contributed by atoms with Crippen molar-refractivity contribution in [3.8, 4) is 5.82 Å². The van der Waals surface area contributed by atoms with Gasteiger partial charge in [-0.2, -0.15) is 0 Å². The number of hydrogen-bond donors (Lipinski definition) is 1. The summed E-state index contributed by atoms with van der Waals surface area (Å²) in [5.41, 5.74) is 10.3. The van der Waals surface area contributed by atoms with E-state index < -0.39 is 0 Å². The topological polar surface area (TPSA) is 67.2 Å². The van der Waals surface area contributed by atoms with Gasteiger partial charge in [0, 0.05) is 34.9 Å². The van der Waals surface area contributed by atoms with Crippen molar-refractivity contribution in [1.29, 1.82) is 0 Å². The number of allylic oxidation sites excluding steroid dienone is 1. The second-order valence-electron chi connectivity index (χ2n) is 11.4. The van der Waals surface area contributed by atoms with Gasteiger partial charge >= 0.3 is 0 Å². The van der Waals surface area contributed by atoms with Crippen molar-refractivity contribution in [2.75, 3.05) is 16.8 Å². The van der Waals surface area contributed by atoms with E-state index in [2.05, 4.69) is 67.1 Å². The first kappa shape index (κ1) is 27.7. The maximum absolute atomic E-state index is 13.5. The van der Waals surface area contributed by atoms with Gasteiger partial charge in [-0.25, -0.2) is 4.98 Å². The lowest BCUT2D eigenvalue weighted by Crippen LogP contribution is -2.30. The van der Waals surface area contributed by atoms with E-state index in [0.29, 0.717) is 6.54 Å². The number of nitrogens with zero attached hydrogens (tertiary/aromatic N) is 3. The highest BCUT2D eigenvalue weighted by molar-refractivity contribution is 6.09. The first-order valence-electron chi connectivity index (χ1n) is 15.1. The number of anilines is 2. The van der Waals surface area contributed by atoms with Crippen LogP contribution in [-0.2, 0) is 28.9 Å². The SMILES string of the molecule is CCc1ccc(C2=C(C(=O)Nc3ccc4c(c3)CCN4C(=O)Cc3cccc(-n4c(C)ccc4C)n3)CCCC2)cc1. The second-order valence-corrected chi connectivity index (χ2v) is 11.4. The number of amides is 2. The van der Waals surface area contributed by atoms with Crippen LogP contribution in [0.15, 0.2) is 78.4 Å². The lowest BCUT2D eigenvalue weighted by Gasteiger charge is -2.21. The molecule has 0 spiro atoms. The van der Waals surface area contributed by atoms with Crippen LogP contribution in [0.3, 0.4) is 0 Å². The van der Waals surface area contributed by atoms with Crippen LogP contribution in [0.5, 0.6) is 0 Å². The number of rotatable bonds is 7. The molecule has 42 heavy (non-hydrogen) atoms. The zero-order valence-corrected chi connectivity index (χ0v) is 24.7. The lowest BCUT2D eigenvalue weighted by atomic mass is 9.86. The van der Waals surface area contributed by atoms with E-state index in [4.69, 9.17) is 4.98 Å². The normalized spacial score (nSPS) is 14.7. The van der Waals surface area contributed by atoms with Crippen LogP contribution in [0.4, 0.5) is 11.4 Å². The Bertz CT molecular complexity index is 1660. The highest BCUT2D eigenvalue weighted by atomic mass is 16.2. The lowest BCUT2D eigenvalue weighted by molar-refractivity contribution is -0.118. The Kier molecular flexibility index (Phi) is 7.79. The summed E-state index contributed by atoms with van der Waals surface area (Å²) >= 11 is 0. The van der Waals surface area contributed by atoms with E-state index in [1.54, 1.807) is 0 Å². The molecule has 1 aliphatic carbocycles. The van der Waals surface area contributed by atoms with Crippen molar-refractivity contribution in [3.63, 3.8) is 0 Å². The Hall–Kier alpha value is -4.45. The third-order valence-corrected chi connectivity index (χ3v) is 8.61. The van der Waals surface area contributed by atoms with E-state index in [1.165, 1.54) is 11.1 Å². The predicted octanol–water partition coefficient (Wildman–Crippen LogP) is 7.15. The highest BCUT2D eigenvalue weighted by Crippen LogP contribution is 2.35. The second kappa shape index (κ2) is 11.8. The molecule has 0 atom stereocenters. The van der Waals surface area contributed by atoms with Gasteiger partial charge in [-0.15, -0.1) is 0 Å². The van der Waals surface area contributed by atoms with Crippen molar-refractivity contribution in [2.45, 2.75) is 65.7 Å². The van der Waals surface area contributed by atoms with Crippen LogP contribution < -0.4 is 10.2 Å². The van der Waals surface area contributed by atoms with Crippen LogP contribution >= 0.6 is 0 Å². The van der Waals surface area contributed by atoms with Gasteiger partial charge in [-0.3, -0.25) is 9.59 Å². The number of aryl methyl sites for hydroxylation is 3. The molecule has 0 saturated heterocycles. The van der Waals surface area contributed by atoms with Gasteiger partial charge < -0.3 is 14.8 Å². The van der Waals surface area contributed by atoms with E-state index in [-0.39, 0.29) is 18.2 Å². The maximum Gasteiger partial charge on any atom is 0.251 e. The molecular weight excluding hydrogens is 520 g/mol. The number of fused-ring (bicyclic) bond motifs is 1. The Balaban J connectivity index is 1.16. The number of pyridine rings is 1. The minimum Gasteiger partial charge on any atom is -0.322 e. The minimum atomic E-state index is -0.0192. The van der Waals surface area contributed by atoms with E-state index >= 15 is 0 Å². The van der Waals surface area contributed by atoms with Gasteiger partial charge in [-0.05, 0) is 117 Å². The number of nitrogens with one attached hydrogen (secondary N) is 1. The van der Waals surface area contributed by atoms with Gasteiger partial charge in [-0.1, -0.05) is 37.3 Å². The first-order valence-corrected chi connectivity index (χ1v) is 15.1. The Morgan fingerprint density at radius 2 is 1.64 bits per heavy atom. The summed E-state index contributed by atoms with van der Waals surface area (Å²) in [6.45, 7) is 6.90. The Morgan fingerprint density at radius 1 is 0.881 bits per heavy atom. The maximum atomic E-state index is 13.5. The molecule has 2 amide bonds.